The Labute approximate surface area is 145 Å². The summed E-state index contributed by atoms with van der Waals surface area (Å²) in [6.45, 7) is 2.13. The van der Waals surface area contributed by atoms with Crippen LogP contribution in [0.5, 0.6) is 17.2 Å². The molecule has 1 N–H and O–H groups in total. The van der Waals surface area contributed by atoms with Crippen molar-refractivity contribution < 1.29 is 23.8 Å². The maximum Gasteiger partial charge on any atom is 0.265 e. The molecule has 1 aliphatic heterocycles. The van der Waals surface area contributed by atoms with Crippen molar-refractivity contribution in [1.82, 2.24) is 10.2 Å². The lowest BCUT2D eigenvalue weighted by Crippen LogP contribution is -2.53. The summed E-state index contributed by atoms with van der Waals surface area (Å²) in [5.41, 5.74) is 0.480. The number of likely N-dealkylation sites (N-methyl/N-ethyl adjacent to an activating group) is 1. The first-order valence-corrected chi connectivity index (χ1v) is 7.56. The smallest absolute Gasteiger partial charge is 0.265 e. The van der Waals surface area contributed by atoms with E-state index >= 15 is 0 Å². The fourth-order valence-electron chi connectivity index (χ4n) is 2.30. The van der Waals surface area contributed by atoms with Gasteiger partial charge in [-0.3, -0.25) is 19.8 Å². The number of hydrogen-bond acceptors (Lipinski definition) is 6. The lowest BCUT2D eigenvalue weighted by molar-refractivity contribution is -0.128. The van der Waals surface area contributed by atoms with Crippen LogP contribution in [0.15, 0.2) is 17.7 Å². The molecule has 0 spiro atoms. The molecule has 2 rings (SSSR count). The van der Waals surface area contributed by atoms with E-state index in [-0.39, 0.29) is 10.7 Å². The molecule has 7 nitrogen and oxygen atoms in total. The standard InChI is InChI=1S/C16H18N2O5S/c1-5-18-15(20)10(14(19)17-16(18)24)6-9-7-12(22-3)13(23-4)8-11(9)21-2/h6-8H,5H2,1-4H3,(H,17,19,24)/b10-6-. The molecule has 2 amide bonds. The minimum atomic E-state index is -0.550. The Morgan fingerprint density at radius 2 is 1.67 bits per heavy atom. The second kappa shape index (κ2) is 7.31. The summed E-state index contributed by atoms with van der Waals surface area (Å²) < 4.78 is 15.8. The van der Waals surface area contributed by atoms with Gasteiger partial charge in [0.15, 0.2) is 16.6 Å². The van der Waals surface area contributed by atoms with E-state index in [9.17, 15) is 9.59 Å². The first-order chi connectivity index (χ1) is 11.5. The average molecular weight is 350 g/mol. The van der Waals surface area contributed by atoms with Gasteiger partial charge in [-0.25, -0.2) is 0 Å². The number of carbonyl (C=O) groups is 2. The summed E-state index contributed by atoms with van der Waals surface area (Å²) in [5, 5.41) is 2.60. The molecule has 1 fully saturated rings. The number of nitrogens with zero attached hydrogens (tertiary/aromatic N) is 1. The average Bonchev–Trinajstić information content (AvgIpc) is 2.58. The highest BCUT2D eigenvalue weighted by Gasteiger charge is 2.32. The second-order valence-electron chi connectivity index (χ2n) is 4.82. The van der Waals surface area contributed by atoms with Gasteiger partial charge in [0, 0.05) is 18.2 Å². The molecule has 0 bridgehead atoms. The molecule has 1 aromatic carbocycles. The van der Waals surface area contributed by atoms with E-state index in [1.165, 1.54) is 32.3 Å². The van der Waals surface area contributed by atoms with Crippen molar-refractivity contribution >= 4 is 35.2 Å². The van der Waals surface area contributed by atoms with Crippen molar-refractivity contribution in [2.75, 3.05) is 27.9 Å². The van der Waals surface area contributed by atoms with Crippen LogP contribution in [-0.2, 0) is 9.59 Å². The molecule has 128 valence electrons. The predicted molar refractivity (Wildman–Crippen MR) is 92.2 cm³/mol. The van der Waals surface area contributed by atoms with Crippen molar-refractivity contribution in [3.8, 4) is 17.2 Å². The number of thiocarbonyl (C=S) groups is 1. The zero-order chi connectivity index (χ0) is 17.9. The maximum absolute atomic E-state index is 12.5. The van der Waals surface area contributed by atoms with E-state index in [0.717, 1.165) is 0 Å². The highest BCUT2D eigenvalue weighted by atomic mass is 32.1. The van der Waals surface area contributed by atoms with Gasteiger partial charge < -0.3 is 14.2 Å². The summed E-state index contributed by atoms with van der Waals surface area (Å²) in [7, 11) is 4.49. The van der Waals surface area contributed by atoms with Crippen LogP contribution in [0.2, 0.25) is 0 Å². The number of nitrogens with one attached hydrogen (secondary N) is 1. The Hall–Kier alpha value is -2.61. The third kappa shape index (κ3) is 3.18. The third-order valence-electron chi connectivity index (χ3n) is 3.54. The largest absolute Gasteiger partial charge is 0.496 e. The summed E-state index contributed by atoms with van der Waals surface area (Å²) >= 11 is 5.00. The number of ether oxygens (including phenoxy) is 3. The molecule has 8 heteroatoms. The van der Waals surface area contributed by atoms with E-state index in [4.69, 9.17) is 26.4 Å². The van der Waals surface area contributed by atoms with Gasteiger partial charge in [0.2, 0.25) is 0 Å². The van der Waals surface area contributed by atoms with Crippen molar-refractivity contribution in [2.45, 2.75) is 6.92 Å². The van der Waals surface area contributed by atoms with Gasteiger partial charge in [0.05, 0.1) is 21.3 Å². The van der Waals surface area contributed by atoms with E-state index in [0.29, 0.717) is 29.4 Å². The Bertz CT molecular complexity index is 729. The van der Waals surface area contributed by atoms with Crippen LogP contribution < -0.4 is 19.5 Å². The summed E-state index contributed by atoms with van der Waals surface area (Å²) in [6.07, 6.45) is 1.45. The predicted octanol–water partition coefficient (Wildman–Crippen LogP) is 1.36. The highest BCUT2D eigenvalue weighted by Crippen LogP contribution is 2.36. The molecule has 1 saturated heterocycles. The van der Waals surface area contributed by atoms with Crippen LogP contribution >= 0.6 is 12.2 Å². The lowest BCUT2D eigenvalue weighted by atomic mass is 10.1. The normalized spacial score (nSPS) is 16.2. The molecule has 0 saturated carbocycles. The summed E-state index contributed by atoms with van der Waals surface area (Å²) in [6, 6.07) is 3.26. The molecule has 0 aromatic heterocycles. The van der Waals surface area contributed by atoms with E-state index in [1.54, 1.807) is 19.1 Å². The number of amides is 2. The topological polar surface area (TPSA) is 77.1 Å². The van der Waals surface area contributed by atoms with E-state index < -0.39 is 11.8 Å². The molecule has 24 heavy (non-hydrogen) atoms. The molecule has 0 radical (unpaired) electrons. The lowest BCUT2D eigenvalue weighted by Gasteiger charge is -2.27. The van der Waals surface area contributed by atoms with Gasteiger partial charge >= 0.3 is 0 Å². The fourth-order valence-corrected chi connectivity index (χ4v) is 2.61. The van der Waals surface area contributed by atoms with Gasteiger partial charge in [0.1, 0.15) is 11.3 Å². The number of carbonyl (C=O) groups excluding carboxylic acids is 2. The molecule has 0 aliphatic carbocycles. The molecule has 1 aliphatic rings. The summed E-state index contributed by atoms with van der Waals surface area (Å²) in [5.74, 6) is 0.371. The third-order valence-corrected chi connectivity index (χ3v) is 3.86. The first-order valence-electron chi connectivity index (χ1n) is 7.15. The minimum absolute atomic E-state index is 0.0315. The Morgan fingerprint density at radius 1 is 1.08 bits per heavy atom. The van der Waals surface area contributed by atoms with Crippen LogP contribution in [0.25, 0.3) is 6.08 Å². The minimum Gasteiger partial charge on any atom is -0.496 e. The quantitative estimate of drug-likeness (QED) is 0.491. The number of methoxy groups -OCH3 is 3. The van der Waals surface area contributed by atoms with Crippen LogP contribution in [-0.4, -0.2) is 49.7 Å². The maximum atomic E-state index is 12.5. The first kappa shape index (κ1) is 17.7. The van der Waals surface area contributed by atoms with Crippen LogP contribution in [0, 0.1) is 0 Å². The van der Waals surface area contributed by atoms with Crippen LogP contribution in [0.1, 0.15) is 12.5 Å². The molecule has 0 unspecified atom stereocenters. The van der Waals surface area contributed by atoms with Gasteiger partial charge in [0.25, 0.3) is 11.8 Å². The van der Waals surface area contributed by atoms with Gasteiger partial charge in [-0.15, -0.1) is 0 Å². The van der Waals surface area contributed by atoms with Crippen LogP contribution in [0.3, 0.4) is 0 Å². The van der Waals surface area contributed by atoms with Crippen LogP contribution in [0.4, 0.5) is 0 Å². The SMILES string of the molecule is CCN1C(=O)/C(=C\c2cc(OC)c(OC)cc2OC)C(=O)NC1=S. The van der Waals surface area contributed by atoms with Crippen molar-refractivity contribution in [1.29, 1.82) is 0 Å². The zero-order valence-corrected chi connectivity index (χ0v) is 14.7. The van der Waals surface area contributed by atoms with Gasteiger partial charge in [-0.2, -0.15) is 0 Å². The van der Waals surface area contributed by atoms with Gasteiger partial charge in [-0.1, -0.05) is 0 Å². The second-order valence-corrected chi connectivity index (χ2v) is 5.20. The Kier molecular flexibility index (Phi) is 5.40. The number of benzene rings is 1. The molecule has 0 atom stereocenters. The summed E-state index contributed by atoms with van der Waals surface area (Å²) in [4.78, 5) is 25.9. The number of hydrogen-bond donors (Lipinski definition) is 1. The fraction of sp³-hybridized carbons (Fsp3) is 0.312. The molecule has 1 heterocycles. The zero-order valence-electron chi connectivity index (χ0n) is 13.8. The molecular formula is C16H18N2O5S. The Morgan fingerprint density at radius 3 is 2.21 bits per heavy atom. The van der Waals surface area contributed by atoms with E-state index in [1.807, 2.05) is 0 Å². The molecule has 1 aromatic rings. The monoisotopic (exact) mass is 350 g/mol. The Balaban J connectivity index is 2.54. The van der Waals surface area contributed by atoms with Crippen molar-refractivity contribution in [2.24, 2.45) is 0 Å². The van der Waals surface area contributed by atoms with Crippen molar-refractivity contribution in [3.63, 3.8) is 0 Å². The molecular weight excluding hydrogens is 332 g/mol. The van der Waals surface area contributed by atoms with Crippen molar-refractivity contribution in [3.05, 3.63) is 23.3 Å². The van der Waals surface area contributed by atoms with E-state index in [2.05, 4.69) is 5.32 Å². The highest BCUT2D eigenvalue weighted by molar-refractivity contribution is 7.80. The van der Waals surface area contributed by atoms with Gasteiger partial charge in [-0.05, 0) is 31.3 Å². The number of rotatable bonds is 5.